The molecule has 1 aromatic heterocycles. The fraction of sp³-hybridized carbons (Fsp3) is 0.273. The van der Waals surface area contributed by atoms with Gasteiger partial charge in [0.05, 0.1) is 23.6 Å². The van der Waals surface area contributed by atoms with Crippen LogP contribution in [0.4, 0.5) is 0 Å². The molecular formula is C22H24N2O4. The SMILES string of the molecule is CC(C)(C)c1cc(-c2cc(-c3ccc(C(=O)O)cc3)[nH]n2)ccc1OCCO. The first-order chi connectivity index (χ1) is 13.3. The number of H-pyrrole nitrogens is 1. The fourth-order valence-electron chi connectivity index (χ4n) is 2.97. The molecule has 0 saturated carbocycles. The molecule has 0 fully saturated rings. The average Bonchev–Trinajstić information content (AvgIpc) is 3.15. The molecule has 0 atom stereocenters. The Morgan fingerprint density at radius 2 is 1.75 bits per heavy atom. The number of aromatic carboxylic acids is 1. The van der Waals surface area contributed by atoms with Gasteiger partial charge in [0.25, 0.3) is 0 Å². The molecule has 0 unspecified atom stereocenters. The predicted octanol–water partition coefficient (Wildman–Crippen LogP) is 4.11. The largest absolute Gasteiger partial charge is 0.491 e. The zero-order valence-corrected chi connectivity index (χ0v) is 16.2. The Bertz CT molecular complexity index is 969. The van der Waals surface area contributed by atoms with E-state index in [1.54, 1.807) is 24.3 Å². The molecule has 3 rings (SSSR count). The second kappa shape index (κ2) is 7.86. The topological polar surface area (TPSA) is 95.4 Å². The first-order valence-corrected chi connectivity index (χ1v) is 9.07. The second-order valence-corrected chi connectivity index (χ2v) is 7.58. The highest BCUT2D eigenvalue weighted by Crippen LogP contribution is 2.35. The minimum atomic E-state index is -0.949. The van der Waals surface area contributed by atoms with Crippen molar-refractivity contribution in [1.29, 1.82) is 0 Å². The Balaban J connectivity index is 1.93. The van der Waals surface area contributed by atoms with E-state index in [1.165, 1.54) is 0 Å². The van der Waals surface area contributed by atoms with Crippen LogP contribution in [0.3, 0.4) is 0 Å². The van der Waals surface area contributed by atoms with Crippen molar-refractivity contribution in [1.82, 2.24) is 10.2 Å². The van der Waals surface area contributed by atoms with Gasteiger partial charge in [0.2, 0.25) is 0 Å². The maximum absolute atomic E-state index is 11.0. The molecule has 1 heterocycles. The maximum Gasteiger partial charge on any atom is 0.335 e. The van der Waals surface area contributed by atoms with Gasteiger partial charge in [-0.3, -0.25) is 5.10 Å². The average molecular weight is 380 g/mol. The first-order valence-electron chi connectivity index (χ1n) is 9.07. The summed E-state index contributed by atoms with van der Waals surface area (Å²) in [5.74, 6) is -0.194. The molecule has 0 saturated heterocycles. The molecule has 3 N–H and O–H groups in total. The third-order valence-electron chi connectivity index (χ3n) is 4.45. The first kappa shape index (κ1) is 19.6. The number of hydrogen-bond acceptors (Lipinski definition) is 4. The molecule has 0 aliphatic heterocycles. The number of carboxylic acid groups (broad SMARTS) is 1. The lowest BCUT2D eigenvalue weighted by Gasteiger charge is -2.23. The zero-order chi connectivity index (χ0) is 20.3. The molecule has 0 aliphatic carbocycles. The Hall–Kier alpha value is -3.12. The quantitative estimate of drug-likeness (QED) is 0.598. The summed E-state index contributed by atoms with van der Waals surface area (Å²) in [5, 5.41) is 25.5. The van der Waals surface area contributed by atoms with Crippen LogP contribution >= 0.6 is 0 Å². The molecule has 2 aromatic carbocycles. The highest BCUT2D eigenvalue weighted by Gasteiger charge is 2.20. The highest BCUT2D eigenvalue weighted by atomic mass is 16.5. The highest BCUT2D eigenvalue weighted by molar-refractivity contribution is 5.88. The molecule has 0 radical (unpaired) electrons. The van der Waals surface area contributed by atoms with Crippen molar-refractivity contribution in [3.8, 4) is 28.3 Å². The third-order valence-corrected chi connectivity index (χ3v) is 4.45. The van der Waals surface area contributed by atoms with Crippen molar-refractivity contribution in [3.05, 3.63) is 59.7 Å². The fourth-order valence-corrected chi connectivity index (χ4v) is 2.97. The third kappa shape index (κ3) is 4.23. The molecular weight excluding hydrogens is 356 g/mol. The van der Waals surface area contributed by atoms with E-state index in [-0.39, 0.29) is 24.2 Å². The molecule has 0 bridgehead atoms. The van der Waals surface area contributed by atoms with Gasteiger partial charge in [0.15, 0.2) is 0 Å². The Kier molecular flexibility index (Phi) is 5.51. The van der Waals surface area contributed by atoms with Crippen LogP contribution in [0.1, 0.15) is 36.7 Å². The number of nitrogens with one attached hydrogen (secondary N) is 1. The molecule has 6 nitrogen and oxygen atoms in total. The number of aliphatic hydroxyl groups excluding tert-OH is 1. The molecule has 146 valence electrons. The lowest BCUT2D eigenvalue weighted by Crippen LogP contribution is -2.14. The molecule has 28 heavy (non-hydrogen) atoms. The Labute approximate surface area is 163 Å². The van der Waals surface area contributed by atoms with E-state index in [4.69, 9.17) is 14.9 Å². The molecule has 0 aliphatic rings. The van der Waals surface area contributed by atoms with E-state index in [0.717, 1.165) is 33.8 Å². The van der Waals surface area contributed by atoms with Crippen molar-refractivity contribution >= 4 is 5.97 Å². The van der Waals surface area contributed by atoms with E-state index >= 15 is 0 Å². The zero-order valence-electron chi connectivity index (χ0n) is 16.2. The number of hydrogen-bond donors (Lipinski definition) is 3. The van der Waals surface area contributed by atoms with Crippen LogP contribution in [0.5, 0.6) is 5.75 Å². The van der Waals surface area contributed by atoms with Gasteiger partial charge in [-0.2, -0.15) is 5.10 Å². The van der Waals surface area contributed by atoms with E-state index in [2.05, 4.69) is 37.0 Å². The van der Waals surface area contributed by atoms with E-state index < -0.39 is 5.97 Å². The van der Waals surface area contributed by atoms with Gasteiger partial charge < -0.3 is 14.9 Å². The van der Waals surface area contributed by atoms with E-state index in [1.807, 2.05) is 18.2 Å². The number of aliphatic hydroxyl groups is 1. The summed E-state index contributed by atoms with van der Waals surface area (Å²) in [7, 11) is 0. The molecule has 0 spiro atoms. The van der Waals surface area contributed by atoms with Crippen molar-refractivity contribution in [2.75, 3.05) is 13.2 Å². The van der Waals surface area contributed by atoms with Gasteiger partial charge in [-0.25, -0.2) is 4.79 Å². The number of benzene rings is 2. The minimum absolute atomic E-state index is 0.0330. The maximum atomic E-state index is 11.0. The van der Waals surface area contributed by atoms with Crippen molar-refractivity contribution in [2.45, 2.75) is 26.2 Å². The summed E-state index contributed by atoms with van der Waals surface area (Å²) >= 11 is 0. The van der Waals surface area contributed by atoms with Gasteiger partial charge in [-0.15, -0.1) is 0 Å². The number of carboxylic acids is 1. The monoisotopic (exact) mass is 380 g/mol. The van der Waals surface area contributed by atoms with Crippen LogP contribution in [0.15, 0.2) is 48.5 Å². The van der Waals surface area contributed by atoms with Crippen LogP contribution in [-0.2, 0) is 5.41 Å². The molecule has 0 amide bonds. The van der Waals surface area contributed by atoms with Crippen LogP contribution in [0.2, 0.25) is 0 Å². The number of ether oxygens (including phenoxy) is 1. The van der Waals surface area contributed by atoms with Crippen molar-refractivity contribution in [3.63, 3.8) is 0 Å². The Morgan fingerprint density at radius 3 is 2.36 bits per heavy atom. The lowest BCUT2D eigenvalue weighted by atomic mass is 9.85. The summed E-state index contributed by atoms with van der Waals surface area (Å²) < 4.78 is 5.68. The Morgan fingerprint density at radius 1 is 1.07 bits per heavy atom. The van der Waals surface area contributed by atoms with Crippen LogP contribution in [0.25, 0.3) is 22.5 Å². The smallest absolute Gasteiger partial charge is 0.335 e. The number of aromatic nitrogens is 2. The minimum Gasteiger partial charge on any atom is -0.491 e. The van der Waals surface area contributed by atoms with Gasteiger partial charge >= 0.3 is 5.97 Å². The number of carbonyl (C=O) groups is 1. The van der Waals surface area contributed by atoms with Crippen LogP contribution in [-0.4, -0.2) is 39.6 Å². The van der Waals surface area contributed by atoms with Crippen LogP contribution < -0.4 is 4.74 Å². The number of aromatic amines is 1. The predicted molar refractivity (Wildman–Crippen MR) is 108 cm³/mol. The normalized spacial score (nSPS) is 11.4. The summed E-state index contributed by atoms with van der Waals surface area (Å²) in [6.45, 7) is 6.55. The second-order valence-electron chi connectivity index (χ2n) is 7.58. The van der Waals surface area contributed by atoms with Gasteiger partial charge in [-0.1, -0.05) is 32.9 Å². The van der Waals surface area contributed by atoms with Gasteiger partial charge in [0.1, 0.15) is 12.4 Å². The summed E-state index contributed by atoms with van der Waals surface area (Å²) in [6.07, 6.45) is 0. The van der Waals surface area contributed by atoms with E-state index in [9.17, 15) is 4.79 Å². The van der Waals surface area contributed by atoms with Gasteiger partial charge in [0, 0.05) is 11.1 Å². The molecule has 3 aromatic rings. The summed E-state index contributed by atoms with van der Waals surface area (Å²) in [5.41, 5.74) is 4.56. The van der Waals surface area contributed by atoms with E-state index in [0.29, 0.717) is 0 Å². The molecule has 6 heteroatoms. The van der Waals surface area contributed by atoms with Gasteiger partial charge in [-0.05, 0) is 47.4 Å². The van der Waals surface area contributed by atoms with Crippen molar-refractivity contribution in [2.24, 2.45) is 0 Å². The summed E-state index contributed by atoms with van der Waals surface area (Å²) in [4.78, 5) is 11.0. The standard InChI is InChI=1S/C22H24N2O4/c1-22(2,3)17-12-16(8-9-20(17)28-11-10-25)19-13-18(23-24-19)14-4-6-15(7-5-14)21(26)27/h4-9,12-13,25H,10-11H2,1-3H3,(H,23,24)(H,26,27). The summed E-state index contributed by atoms with van der Waals surface area (Å²) in [6, 6.07) is 14.5. The van der Waals surface area contributed by atoms with Crippen LogP contribution in [0, 0.1) is 0 Å². The number of rotatable bonds is 6. The lowest BCUT2D eigenvalue weighted by molar-refractivity contribution is 0.0697. The number of nitrogens with zero attached hydrogens (tertiary/aromatic N) is 1. The van der Waals surface area contributed by atoms with Crippen molar-refractivity contribution < 1.29 is 19.7 Å².